The SMILES string of the molecule is C=CC(=O)Nc1cc(Nc2cc(-c3cn(C)c4ccccc34)nc(OC)n2)c(O)cc1N(C)CCN(C)C. The van der Waals surface area contributed by atoms with E-state index >= 15 is 0 Å². The second-order valence-electron chi connectivity index (χ2n) is 9.23. The Hall–Kier alpha value is -4.57. The molecule has 10 heteroatoms. The van der Waals surface area contributed by atoms with Gasteiger partial charge in [0.1, 0.15) is 11.6 Å². The zero-order valence-corrected chi connectivity index (χ0v) is 22.3. The van der Waals surface area contributed by atoms with Crippen LogP contribution in [0.4, 0.5) is 22.9 Å². The molecule has 0 saturated carbocycles. The van der Waals surface area contributed by atoms with Gasteiger partial charge in [0, 0.05) is 62.0 Å². The van der Waals surface area contributed by atoms with E-state index in [0.717, 1.165) is 23.0 Å². The van der Waals surface area contributed by atoms with Gasteiger partial charge in [0.2, 0.25) is 5.91 Å². The number of para-hydroxylation sites is 1. The highest BCUT2D eigenvalue weighted by molar-refractivity contribution is 6.02. The molecule has 0 radical (unpaired) electrons. The van der Waals surface area contributed by atoms with Crippen LogP contribution in [0.5, 0.6) is 11.8 Å². The van der Waals surface area contributed by atoms with Crippen molar-refractivity contribution in [3.05, 3.63) is 61.3 Å². The maximum atomic E-state index is 12.2. The first-order chi connectivity index (χ1) is 18.2. The molecular weight excluding hydrogens is 482 g/mol. The van der Waals surface area contributed by atoms with Gasteiger partial charge in [-0.05, 0) is 32.3 Å². The van der Waals surface area contributed by atoms with Crippen molar-refractivity contribution >= 4 is 39.7 Å². The monoisotopic (exact) mass is 515 g/mol. The van der Waals surface area contributed by atoms with Crippen LogP contribution in [0.15, 0.2) is 61.3 Å². The maximum absolute atomic E-state index is 12.2. The Morgan fingerprint density at radius 3 is 2.61 bits per heavy atom. The zero-order valence-electron chi connectivity index (χ0n) is 22.3. The molecule has 10 nitrogen and oxygen atoms in total. The lowest BCUT2D eigenvalue weighted by Crippen LogP contribution is -2.29. The van der Waals surface area contributed by atoms with Crippen molar-refractivity contribution in [3.63, 3.8) is 0 Å². The molecule has 0 spiro atoms. The lowest BCUT2D eigenvalue weighted by molar-refractivity contribution is -0.111. The topological polar surface area (TPSA) is 108 Å². The van der Waals surface area contributed by atoms with Crippen LogP contribution in [0.2, 0.25) is 0 Å². The molecule has 0 unspecified atom stereocenters. The largest absolute Gasteiger partial charge is 0.506 e. The van der Waals surface area contributed by atoms with Crippen LogP contribution in [-0.2, 0) is 11.8 Å². The number of rotatable bonds is 10. The molecule has 198 valence electrons. The number of aromatic nitrogens is 3. The van der Waals surface area contributed by atoms with Crippen molar-refractivity contribution in [2.75, 3.05) is 56.9 Å². The first-order valence-corrected chi connectivity index (χ1v) is 12.1. The number of anilines is 4. The fourth-order valence-corrected chi connectivity index (χ4v) is 4.15. The van der Waals surface area contributed by atoms with Crippen LogP contribution in [0.1, 0.15) is 0 Å². The highest BCUT2D eigenvalue weighted by Gasteiger charge is 2.17. The van der Waals surface area contributed by atoms with Gasteiger partial charge in [-0.25, -0.2) is 0 Å². The molecule has 2 heterocycles. The van der Waals surface area contributed by atoms with Gasteiger partial charge in [-0.15, -0.1) is 0 Å². The molecule has 0 saturated heterocycles. The first kappa shape index (κ1) is 26.5. The molecule has 1 amide bonds. The van der Waals surface area contributed by atoms with Crippen molar-refractivity contribution in [2.45, 2.75) is 0 Å². The van der Waals surface area contributed by atoms with E-state index < -0.39 is 0 Å². The summed E-state index contributed by atoms with van der Waals surface area (Å²) in [6, 6.07) is 13.3. The van der Waals surface area contributed by atoms with Crippen molar-refractivity contribution in [1.29, 1.82) is 0 Å². The molecule has 0 bridgehead atoms. The number of fused-ring (bicyclic) bond motifs is 1. The van der Waals surface area contributed by atoms with E-state index in [1.165, 1.54) is 13.2 Å². The van der Waals surface area contributed by atoms with Crippen LogP contribution in [0.3, 0.4) is 0 Å². The average Bonchev–Trinajstić information content (AvgIpc) is 3.25. The second kappa shape index (κ2) is 11.2. The third-order valence-electron chi connectivity index (χ3n) is 6.18. The fraction of sp³-hybridized carbons (Fsp3) is 0.250. The summed E-state index contributed by atoms with van der Waals surface area (Å²) in [6.07, 6.45) is 3.21. The number of aromatic hydroxyl groups is 1. The molecule has 3 N–H and O–H groups in total. The number of phenolic OH excluding ortho intramolecular Hbond substituents is 1. The highest BCUT2D eigenvalue weighted by Crippen LogP contribution is 2.38. The third-order valence-corrected chi connectivity index (χ3v) is 6.18. The fourth-order valence-electron chi connectivity index (χ4n) is 4.15. The van der Waals surface area contributed by atoms with Gasteiger partial charge in [-0.3, -0.25) is 4.79 Å². The van der Waals surface area contributed by atoms with Gasteiger partial charge in [-0.2, -0.15) is 9.97 Å². The summed E-state index contributed by atoms with van der Waals surface area (Å²) in [5.41, 5.74) is 4.21. The highest BCUT2D eigenvalue weighted by atomic mass is 16.5. The summed E-state index contributed by atoms with van der Waals surface area (Å²) in [4.78, 5) is 25.2. The maximum Gasteiger partial charge on any atom is 0.318 e. The van der Waals surface area contributed by atoms with Gasteiger partial charge >= 0.3 is 6.01 Å². The number of ether oxygens (including phenoxy) is 1. The number of aryl methyl sites for hydroxylation is 1. The van der Waals surface area contributed by atoms with E-state index in [2.05, 4.69) is 32.1 Å². The molecule has 0 aliphatic rings. The molecule has 0 fully saturated rings. The van der Waals surface area contributed by atoms with E-state index in [4.69, 9.17) is 4.74 Å². The van der Waals surface area contributed by atoms with Crippen molar-refractivity contribution in [2.24, 2.45) is 7.05 Å². The predicted octanol–water partition coefficient (Wildman–Crippen LogP) is 4.22. The molecule has 4 rings (SSSR count). The number of phenols is 1. The molecule has 0 aliphatic carbocycles. The van der Waals surface area contributed by atoms with Crippen molar-refractivity contribution in [1.82, 2.24) is 19.4 Å². The minimum Gasteiger partial charge on any atom is -0.506 e. The van der Waals surface area contributed by atoms with Gasteiger partial charge in [0.05, 0.1) is 29.9 Å². The van der Waals surface area contributed by atoms with Gasteiger partial charge in [0.25, 0.3) is 0 Å². The van der Waals surface area contributed by atoms with Crippen LogP contribution in [0.25, 0.3) is 22.2 Å². The standard InChI is InChI=1S/C28H33N7O3/c1-7-27(37)30-21-14-22(25(36)16-24(21)34(4)13-12-33(2)3)29-26-15-20(31-28(32-26)38-6)19-17-35(5)23-11-9-8-10-18(19)23/h7-11,14-17,36H,1,12-13H2,2-6H3,(H,30,37)(H,29,31,32). The number of likely N-dealkylation sites (N-methyl/N-ethyl adjacent to an activating group) is 2. The average molecular weight is 516 g/mol. The number of amides is 1. The first-order valence-electron chi connectivity index (χ1n) is 12.1. The number of carbonyl (C=O) groups excluding carboxylic acids is 1. The van der Waals surface area contributed by atoms with Crippen LogP contribution < -0.4 is 20.3 Å². The summed E-state index contributed by atoms with van der Waals surface area (Å²) in [7, 11) is 9.37. The Balaban J connectivity index is 1.74. The number of methoxy groups -OCH3 is 1. The normalized spacial score (nSPS) is 11.0. The number of benzene rings is 2. The van der Waals surface area contributed by atoms with Crippen molar-refractivity contribution < 1.29 is 14.6 Å². The zero-order chi connectivity index (χ0) is 27.4. The quantitative estimate of drug-likeness (QED) is 0.164. The number of carbonyl (C=O) groups is 1. The Bertz CT molecular complexity index is 1480. The van der Waals surface area contributed by atoms with Crippen LogP contribution in [-0.4, -0.2) is 71.8 Å². The van der Waals surface area contributed by atoms with Crippen LogP contribution in [0, 0.1) is 0 Å². The van der Waals surface area contributed by atoms with E-state index in [1.807, 2.05) is 68.1 Å². The van der Waals surface area contributed by atoms with E-state index in [9.17, 15) is 9.90 Å². The number of nitrogens with one attached hydrogen (secondary N) is 2. The minimum absolute atomic E-state index is 0.00223. The van der Waals surface area contributed by atoms with E-state index in [0.29, 0.717) is 35.1 Å². The van der Waals surface area contributed by atoms with Gasteiger partial charge < -0.3 is 34.8 Å². The van der Waals surface area contributed by atoms with Crippen LogP contribution >= 0.6 is 0 Å². The summed E-state index contributed by atoms with van der Waals surface area (Å²) in [5.74, 6) is 0.0632. The Morgan fingerprint density at radius 1 is 1.13 bits per heavy atom. The molecule has 0 aliphatic heterocycles. The summed E-state index contributed by atoms with van der Waals surface area (Å²) in [6.45, 7) is 5.03. The lowest BCUT2D eigenvalue weighted by atomic mass is 10.1. The third kappa shape index (κ3) is 5.70. The van der Waals surface area contributed by atoms with E-state index in [1.54, 1.807) is 18.2 Å². The Kier molecular flexibility index (Phi) is 7.82. The van der Waals surface area contributed by atoms with Gasteiger partial charge in [-0.1, -0.05) is 24.8 Å². The Morgan fingerprint density at radius 2 is 1.89 bits per heavy atom. The molecule has 4 aromatic rings. The lowest BCUT2D eigenvalue weighted by Gasteiger charge is -2.25. The van der Waals surface area contributed by atoms with Crippen molar-refractivity contribution in [3.8, 4) is 23.0 Å². The molecular formula is C28H33N7O3. The number of nitrogens with zero attached hydrogens (tertiary/aromatic N) is 5. The summed E-state index contributed by atoms with van der Waals surface area (Å²) in [5, 5.41) is 18.0. The number of hydrogen-bond acceptors (Lipinski definition) is 8. The predicted molar refractivity (Wildman–Crippen MR) is 153 cm³/mol. The molecule has 38 heavy (non-hydrogen) atoms. The van der Waals surface area contributed by atoms with E-state index in [-0.39, 0.29) is 17.7 Å². The molecule has 2 aromatic carbocycles. The summed E-state index contributed by atoms with van der Waals surface area (Å²) < 4.78 is 7.42. The second-order valence-corrected chi connectivity index (χ2v) is 9.23. The summed E-state index contributed by atoms with van der Waals surface area (Å²) >= 11 is 0. The number of hydrogen-bond donors (Lipinski definition) is 3. The van der Waals surface area contributed by atoms with Gasteiger partial charge in [0.15, 0.2) is 0 Å². The molecule has 0 atom stereocenters. The minimum atomic E-state index is -0.356. The Labute approximate surface area is 222 Å². The molecule has 2 aromatic heterocycles. The smallest absolute Gasteiger partial charge is 0.318 e.